The van der Waals surface area contributed by atoms with Crippen LogP contribution in [-0.2, 0) is 0 Å². The Balaban J connectivity index is 3.77. The van der Waals surface area contributed by atoms with E-state index in [1.807, 2.05) is 13.8 Å². The second-order valence-corrected chi connectivity index (χ2v) is 7.85. The van der Waals surface area contributed by atoms with Gasteiger partial charge in [-0.25, -0.2) is 0 Å². The zero-order chi connectivity index (χ0) is 14.6. The van der Waals surface area contributed by atoms with Gasteiger partial charge in [0, 0.05) is 13.1 Å². The highest BCUT2D eigenvalue weighted by molar-refractivity contribution is 14.1. The molecule has 0 aliphatic heterocycles. The van der Waals surface area contributed by atoms with Crippen LogP contribution < -0.4 is 0 Å². The van der Waals surface area contributed by atoms with Gasteiger partial charge in [0.1, 0.15) is 5.72 Å². The quantitative estimate of drug-likeness (QED) is 0.168. The molecule has 0 amide bonds. The molecule has 0 unspecified atom stereocenters. The van der Waals surface area contributed by atoms with Gasteiger partial charge in [0.05, 0.1) is 0 Å². The van der Waals surface area contributed by atoms with E-state index >= 15 is 0 Å². The summed E-state index contributed by atoms with van der Waals surface area (Å²) in [6.07, 6.45) is 10.4. The van der Waals surface area contributed by atoms with Crippen molar-refractivity contribution in [3.05, 3.63) is 0 Å². The number of aliphatic hydroxyl groups is 1. The maximum atomic E-state index is 10.2. The number of alkyl halides is 2. The van der Waals surface area contributed by atoms with Gasteiger partial charge in [-0.15, -0.1) is 0 Å². The molecular formula is C15H31I2NO. The monoisotopic (exact) mass is 495 g/mol. The first-order chi connectivity index (χ1) is 9.02. The minimum atomic E-state index is -0.660. The number of hydrogen-bond acceptors (Lipinski definition) is 2. The van der Waals surface area contributed by atoms with Crippen molar-refractivity contribution >= 4 is 45.2 Å². The maximum absolute atomic E-state index is 10.2. The van der Waals surface area contributed by atoms with E-state index in [0.717, 1.165) is 13.1 Å². The second-order valence-electron chi connectivity index (χ2n) is 5.69. The topological polar surface area (TPSA) is 23.5 Å². The minimum Gasteiger partial charge on any atom is -0.376 e. The van der Waals surface area contributed by atoms with Crippen molar-refractivity contribution < 1.29 is 5.11 Å². The van der Waals surface area contributed by atoms with Gasteiger partial charge in [-0.05, 0) is 48.4 Å². The van der Waals surface area contributed by atoms with Crippen molar-refractivity contribution in [3.63, 3.8) is 0 Å². The molecule has 0 aromatic rings. The summed E-state index contributed by atoms with van der Waals surface area (Å²) in [5, 5.41) is 10.2. The van der Waals surface area contributed by atoms with E-state index in [2.05, 4.69) is 50.1 Å². The van der Waals surface area contributed by atoms with Crippen molar-refractivity contribution in [2.24, 2.45) is 0 Å². The van der Waals surface area contributed by atoms with Gasteiger partial charge in [-0.3, -0.25) is 4.90 Å². The van der Waals surface area contributed by atoms with Gasteiger partial charge in [-0.1, -0.05) is 70.9 Å². The predicted molar refractivity (Wildman–Crippen MR) is 103 cm³/mol. The lowest BCUT2D eigenvalue weighted by molar-refractivity contribution is -0.0795. The molecule has 0 atom stereocenters. The molecule has 0 fully saturated rings. The molecule has 4 heteroatoms. The van der Waals surface area contributed by atoms with E-state index in [4.69, 9.17) is 0 Å². The van der Waals surface area contributed by atoms with Crippen LogP contribution >= 0.6 is 45.2 Å². The van der Waals surface area contributed by atoms with Crippen molar-refractivity contribution in [3.8, 4) is 0 Å². The fourth-order valence-corrected chi connectivity index (χ4v) is 3.24. The van der Waals surface area contributed by atoms with E-state index in [-0.39, 0.29) is 0 Å². The van der Waals surface area contributed by atoms with Crippen LogP contribution in [0.5, 0.6) is 0 Å². The van der Waals surface area contributed by atoms with Gasteiger partial charge < -0.3 is 5.11 Å². The highest BCUT2D eigenvalue weighted by Gasteiger charge is 2.21. The molecule has 1 N–H and O–H groups in total. The highest BCUT2D eigenvalue weighted by atomic mass is 127. The summed E-state index contributed by atoms with van der Waals surface area (Å²) in [6, 6.07) is 0. The predicted octanol–water partition coefficient (Wildman–Crippen LogP) is 5.01. The Morgan fingerprint density at radius 1 is 0.737 bits per heavy atom. The van der Waals surface area contributed by atoms with Crippen molar-refractivity contribution in [2.75, 3.05) is 21.9 Å². The van der Waals surface area contributed by atoms with Gasteiger partial charge in [0.25, 0.3) is 0 Å². The minimum absolute atomic E-state index is 0.660. The third-order valence-electron chi connectivity index (χ3n) is 3.40. The first-order valence-corrected chi connectivity index (χ1v) is 10.7. The molecule has 0 heterocycles. The summed E-state index contributed by atoms with van der Waals surface area (Å²) in [5.41, 5.74) is -0.660. The molecule has 2 nitrogen and oxygen atoms in total. The summed E-state index contributed by atoms with van der Waals surface area (Å²) >= 11 is 4.89. The van der Waals surface area contributed by atoms with Crippen molar-refractivity contribution in [1.82, 2.24) is 4.90 Å². The van der Waals surface area contributed by atoms with Gasteiger partial charge in [-0.2, -0.15) is 0 Å². The Morgan fingerprint density at radius 2 is 1.11 bits per heavy atom. The lowest BCUT2D eigenvalue weighted by atomic mass is 10.1. The summed E-state index contributed by atoms with van der Waals surface area (Å²) in [4.78, 5) is 2.25. The molecule has 0 saturated heterocycles. The molecule has 0 aromatic heterocycles. The molecule has 0 bridgehead atoms. The SMILES string of the molecule is CC(C)(O)N(CCCCCCI)CCCCCCI. The van der Waals surface area contributed by atoms with Gasteiger partial charge in [0.2, 0.25) is 0 Å². The van der Waals surface area contributed by atoms with Crippen LogP contribution in [0.2, 0.25) is 0 Å². The molecule has 0 spiro atoms. The average Bonchev–Trinajstić information content (AvgIpc) is 2.34. The molecule has 0 aliphatic rings. The fourth-order valence-electron chi connectivity index (χ4n) is 2.16. The Bertz CT molecular complexity index is 181. The number of hydrogen-bond donors (Lipinski definition) is 1. The van der Waals surface area contributed by atoms with Crippen LogP contribution in [0.4, 0.5) is 0 Å². The average molecular weight is 495 g/mol. The second kappa shape index (κ2) is 13.1. The Morgan fingerprint density at radius 3 is 1.42 bits per heavy atom. The van der Waals surface area contributed by atoms with Crippen LogP contribution in [-0.4, -0.2) is 37.7 Å². The van der Waals surface area contributed by atoms with E-state index in [1.54, 1.807) is 0 Å². The molecule has 116 valence electrons. The Labute approximate surface area is 147 Å². The van der Waals surface area contributed by atoms with Crippen LogP contribution in [0.15, 0.2) is 0 Å². The van der Waals surface area contributed by atoms with Crippen LogP contribution in [0.25, 0.3) is 0 Å². The smallest absolute Gasteiger partial charge is 0.112 e. The lowest BCUT2D eigenvalue weighted by Gasteiger charge is -2.34. The number of unbranched alkanes of at least 4 members (excludes halogenated alkanes) is 6. The first kappa shape index (κ1) is 20.4. The summed E-state index contributed by atoms with van der Waals surface area (Å²) in [6.45, 7) is 5.92. The summed E-state index contributed by atoms with van der Waals surface area (Å²) < 4.78 is 2.54. The van der Waals surface area contributed by atoms with Crippen molar-refractivity contribution in [1.29, 1.82) is 0 Å². The fraction of sp³-hybridized carbons (Fsp3) is 1.00. The van der Waals surface area contributed by atoms with E-state index in [9.17, 15) is 5.11 Å². The van der Waals surface area contributed by atoms with E-state index in [0.29, 0.717) is 0 Å². The number of nitrogens with zero attached hydrogens (tertiary/aromatic N) is 1. The van der Waals surface area contributed by atoms with Crippen LogP contribution in [0.1, 0.15) is 65.2 Å². The first-order valence-electron chi connectivity index (χ1n) is 7.61. The zero-order valence-corrected chi connectivity index (χ0v) is 17.0. The Kier molecular flexibility index (Phi) is 14.0. The molecule has 0 aliphatic carbocycles. The number of rotatable bonds is 13. The van der Waals surface area contributed by atoms with Crippen LogP contribution in [0, 0.1) is 0 Å². The van der Waals surface area contributed by atoms with Crippen molar-refractivity contribution in [2.45, 2.75) is 70.9 Å². The normalized spacial score (nSPS) is 12.3. The Hall–Kier alpha value is 1.38. The zero-order valence-electron chi connectivity index (χ0n) is 12.6. The lowest BCUT2D eigenvalue weighted by Crippen LogP contribution is -2.44. The standard InChI is InChI=1S/C15H31I2NO/c1-15(2,19)18(13-9-5-3-7-11-16)14-10-6-4-8-12-17/h19H,3-14H2,1-2H3. The summed E-state index contributed by atoms with van der Waals surface area (Å²) in [5.74, 6) is 0. The molecule has 0 saturated carbocycles. The third kappa shape index (κ3) is 12.8. The molecule has 0 aromatic carbocycles. The van der Waals surface area contributed by atoms with Gasteiger partial charge in [0.15, 0.2) is 0 Å². The van der Waals surface area contributed by atoms with E-state index in [1.165, 1.54) is 60.2 Å². The highest BCUT2D eigenvalue weighted by Crippen LogP contribution is 2.15. The molecule has 19 heavy (non-hydrogen) atoms. The molecule has 0 rings (SSSR count). The number of halogens is 2. The summed E-state index contributed by atoms with van der Waals surface area (Å²) in [7, 11) is 0. The van der Waals surface area contributed by atoms with Crippen LogP contribution in [0.3, 0.4) is 0 Å². The molecular weight excluding hydrogens is 464 g/mol. The maximum Gasteiger partial charge on any atom is 0.112 e. The van der Waals surface area contributed by atoms with E-state index < -0.39 is 5.72 Å². The third-order valence-corrected chi connectivity index (χ3v) is 4.92. The largest absolute Gasteiger partial charge is 0.376 e. The van der Waals surface area contributed by atoms with Gasteiger partial charge >= 0.3 is 0 Å². The molecule has 0 radical (unpaired) electrons.